The Morgan fingerprint density at radius 3 is 2.38 bits per heavy atom. The van der Waals surface area contributed by atoms with Crippen LogP contribution in [0.4, 0.5) is 0 Å². The molecule has 3 heterocycles. The highest BCUT2D eigenvalue weighted by atomic mass is 32.2. The number of fused-ring (bicyclic) bond motifs is 1. The summed E-state index contributed by atoms with van der Waals surface area (Å²) < 4.78 is 0. The molecule has 2 aliphatic rings. The quantitative estimate of drug-likeness (QED) is 0.586. The number of aromatic nitrogens is 1. The maximum Gasteiger partial charge on any atom is 0.270 e. The van der Waals surface area contributed by atoms with Gasteiger partial charge in [-0.1, -0.05) is 36.4 Å². The average molecular weight is 448 g/mol. The van der Waals surface area contributed by atoms with Crippen molar-refractivity contribution in [1.82, 2.24) is 14.8 Å². The van der Waals surface area contributed by atoms with Gasteiger partial charge in [-0.05, 0) is 68.5 Å². The number of piperidine rings is 1. The van der Waals surface area contributed by atoms with Crippen molar-refractivity contribution in [3.05, 3.63) is 70.4 Å². The lowest BCUT2D eigenvalue weighted by Crippen LogP contribution is -2.39. The van der Waals surface area contributed by atoms with Crippen LogP contribution in [-0.2, 0) is 6.54 Å². The number of carbonyl (C=O) groups excluding carboxylic acids is 1. The van der Waals surface area contributed by atoms with E-state index in [1.165, 1.54) is 34.9 Å². The number of carbonyl (C=O) groups is 1. The Balaban J connectivity index is 1.36. The average Bonchev–Trinajstić information content (AvgIpc) is 3.18. The second-order valence-electron chi connectivity index (χ2n) is 9.28. The van der Waals surface area contributed by atoms with E-state index in [1.54, 1.807) is 5.56 Å². The third-order valence-electron chi connectivity index (χ3n) is 7.25. The molecule has 1 amide bonds. The van der Waals surface area contributed by atoms with Gasteiger partial charge in [0.15, 0.2) is 0 Å². The second kappa shape index (κ2) is 9.32. The smallest absolute Gasteiger partial charge is 0.270 e. The van der Waals surface area contributed by atoms with Gasteiger partial charge in [-0.15, -0.1) is 0 Å². The lowest BCUT2D eigenvalue weighted by molar-refractivity contribution is 0.0764. The van der Waals surface area contributed by atoms with Crippen LogP contribution >= 0.6 is 11.8 Å². The molecule has 0 aliphatic carbocycles. The number of hydrogen-bond acceptors (Lipinski definition) is 3. The number of benzene rings is 2. The Kier molecular flexibility index (Phi) is 6.29. The Bertz CT molecular complexity index is 1090. The molecule has 168 valence electrons. The molecule has 5 heteroatoms. The van der Waals surface area contributed by atoms with E-state index >= 15 is 0 Å². The monoisotopic (exact) mass is 447 g/mol. The summed E-state index contributed by atoms with van der Waals surface area (Å²) in [6, 6.07) is 15.0. The van der Waals surface area contributed by atoms with E-state index in [9.17, 15) is 4.79 Å². The summed E-state index contributed by atoms with van der Waals surface area (Å²) in [6.45, 7) is 9.18. The van der Waals surface area contributed by atoms with Crippen LogP contribution in [0.1, 0.15) is 51.5 Å². The van der Waals surface area contributed by atoms with E-state index in [0.29, 0.717) is 5.92 Å². The molecular formula is C27H33N3OS. The molecule has 0 atom stereocenters. The largest absolute Gasteiger partial charge is 0.350 e. The summed E-state index contributed by atoms with van der Waals surface area (Å²) in [5, 5.41) is 1.19. The SMILES string of the molecule is Cc1cccc(C)c1C1CCN(Cc2c(C(=O)N3CCSCC3)[nH]c3ccccc23)CC1. The van der Waals surface area contributed by atoms with Crippen molar-refractivity contribution in [1.29, 1.82) is 0 Å². The number of hydrogen-bond donors (Lipinski definition) is 1. The van der Waals surface area contributed by atoms with Crippen LogP contribution in [0, 0.1) is 13.8 Å². The minimum absolute atomic E-state index is 0.168. The molecule has 0 bridgehead atoms. The molecule has 2 fully saturated rings. The van der Waals surface area contributed by atoms with Crippen molar-refractivity contribution in [2.45, 2.75) is 39.2 Å². The molecule has 32 heavy (non-hydrogen) atoms. The summed E-state index contributed by atoms with van der Waals surface area (Å²) in [5.41, 5.74) is 7.45. The zero-order valence-electron chi connectivity index (χ0n) is 19.2. The third-order valence-corrected chi connectivity index (χ3v) is 8.19. The van der Waals surface area contributed by atoms with Gasteiger partial charge < -0.3 is 9.88 Å². The topological polar surface area (TPSA) is 39.3 Å². The number of aromatic amines is 1. The first-order valence-electron chi connectivity index (χ1n) is 11.9. The van der Waals surface area contributed by atoms with Gasteiger partial charge in [0.05, 0.1) is 0 Å². The van der Waals surface area contributed by atoms with Crippen molar-refractivity contribution >= 4 is 28.6 Å². The van der Waals surface area contributed by atoms with E-state index in [2.05, 4.69) is 60.1 Å². The highest BCUT2D eigenvalue weighted by Gasteiger charge is 2.27. The summed E-state index contributed by atoms with van der Waals surface area (Å²) >= 11 is 1.94. The molecule has 2 aliphatic heterocycles. The molecule has 2 saturated heterocycles. The molecule has 1 N–H and O–H groups in total. The highest BCUT2D eigenvalue weighted by Crippen LogP contribution is 2.34. The Hall–Kier alpha value is -2.24. The van der Waals surface area contributed by atoms with Crippen molar-refractivity contribution in [2.24, 2.45) is 0 Å². The van der Waals surface area contributed by atoms with Crippen molar-refractivity contribution < 1.29 is 4.79 Å². The van der Waals surface area contributed by atoms with Crippen LogP contribution in [0.3, 0.4) is 0 Å². The van der Waals surface area contributed by atoms with Crippen LogP contribution in [0.25, 0.3) is 10.9 Å². The molecule has 0 unspecified atom stereocenters. The van der Waals surface area contributed by atoms with E-state index < -0.39 is 0 Å². The fourth-order valence-electron chi connectivity index (χ4n) is 5.55. The first-order valence-corrected chi connectivity index (χ1v) is 13.0. The van der Waals surface area contributed by atoms with E-state index in [1.807, 2.05) is 22.7 Å². The third kappa shape index (κ3) is 4.20. The minimum Gasteiger partial charge on any atom is -0.350 e. The fourth-order valence-corrected chi connectivity index (χ4v) is 6.45. The van der Waals surface area contributed by atoms with Crippen LogP contribution in [0.2, 0.25) is 0 Å². The number of para-hydroxylation sites is 1. The zero-order valence-corrected chi connectivity index (χ0v) is 20.0. The van der Waals surface area contributed by atoms with Crippen LogP contribution in [0.15, 0.2) is 42.5 Å². The molecule has 1 aromatic heterocycles. The first-order chi connectivity index (χ1) is 15.6. The second-order valence-corrected chi connectivity index (χ2v) is 10.5. The highest BCUT2D eigenvalue weighted by molar-refractivity contribution is 7.99. The normalized spacial score (nSPS) is 18.4. The number of H-pyrrole nitrogens is 1. The van der Waals surface area contributed by atoms with Crippen LogP contribution in [0.5, 0.6) is 0 Å². The van der Waals surface area contributed by atoms with E-state index in [0.717, 1.165) is 55.4 Å². The summed E-state index contributed by atoms with van der Waals surface area (Å²) in [7, 11) is 0. The summed E-state index contributed by atoms with van der Waals surface area (Å²) in [5.74, 6) is 2.88. The maximum atomic E-state index is 13.4. The molecular weight excluding hydrogens is 414 g/mol. The van der Waals surface area contributed by atoms with Gasteiger partial charge >= 0.3 is 0 Å². The number of aryl methyl sites for hydroxylation is 2. The van der Waals surface area contributed by atoms with Gasteiger partial charge in [0.1, 0.15) is 5.69 Å². The Morgan fingerprint density at radius 2 is 1.66 bits per heavy atom. The number of nitrogens with one attached hydrogen (secondary N) is 1. The van der Waals surface area contributed by atoms with Crippen molar-refractivity contribution in [3.8, 4) is 0 Å². The summed E-state index contributed by atoms with van der Waals surface area (Å²) in [4.78, 5) is 21.5. The fraction of sp³-hybridized carbons (Fsp3) is 0.444. The van der Waals surface area contributed by atoms with Crippen molar-refractivity contribution in [3.63, 3.8) is 0 Å². The van der Waals surface area contributed by atoms with E-state index in [4.69, 9.17) is 0 Å². The van der Waals surface area contributed by atoms with Crippen molar-refractivity contribution in [2.75, 3.05) is 37.7 Å². The van der Waals surface area contributed by atoms with Gasteiger partial charge in [-0.2, -0.15) is 11.8 Å². The Labute approximate surface area is 195 Å². The molecule has 2 aromatic carbocycles. The van der Waals surface area contributed by atoms with Crippen LogP contribution < -0.4 is 0 Å². The number of thioether (sulfide) groups is 1. The molecule has 0 spiro atoms. The van der Waals surface area contributed by atoms with Gasteiger partial charge in [0.2, 0.25) is 0 Å². The Morgan fingerprint density at radius 1 is 0.969 bits per heavy atom. The van der Waals surface area contributed by atoms with Gasteiger partial charge in [-0.25, -0.2) is 0 Å². The number of amides is 1. The molecule has 4 nitrogen and oxygen atoms in total. The minimum atomic E-state index is 0.168. The maximum absolute atomic E-state index is 13.4. The molecule has 3 aromatic rings. The number of rotatable bonds is 4. The number of likely N-dealkylation sites (tertiary alicyclic amines) is 1. The van der Waals surface area contributed by atoms with E-state index in [-0.39, 0.29) is 5.91 Å². The lowest BCUT2D eigenvalue weighted by atomic mass is 9.84. The van der Waals surface area contributed by atoms with Gasteiger partial charge in [0, 0.05) is 47.6 Å². The molecule has 5 rings (SSSR count). The molecule has 0 radical (unpaired) electrons. The first kappa shape index (κ1) is 21.6. The number of nitrogens with zero attached hydrogens (tertiary/aromatic N) is 2. The zero-order chi connectivity index (χ0) is 22.1. The van der Waals surface area contributed by atoms with Gasteiger partial charge in [0.25, 0.3) is 5.91 Å². The predicted octanol–water partition coefficient (Wildman–Crippen LogP) is 5.35. The van der Waals surface area contributed by atoms with Gasteiger partial charge in [-0.3, -0.25) is 9.69 Å². The standard InChI is InChI=1S/C27H33N3OS/c1-19-6-5-7-20(2)25(19)21-10-12-29(13-11-21)18-23-22-8-3-4-9-24(22)28-26(23)27(31)30-14-16-32-17-15-30/h3-9,21,28H,10-18H2,1-2H3. The molecule has 0 saturated carbocycles. The predicted molar refractivity (Wildman–Crippen MR) is 135 cm³/mol. The lowest BCUT2D eigenvalue weighted by Gasteiger charge is -2.34. The summed E-state index contributed by atoms with van der Waals surface area (Å²) in [6.07, 6.45) is 2.36. The van der Waals surface area contributed by atoms with Crippen LogP contribution in [-0.4, -0.2) is 58.4 Å².